The molecule has 1 aromatic heterocycles. The van der Waals surface area contributed by atoms with Gasteiger partial charge in [0, 0.05) is 13.2 Å². The highest BCUT2D eigenvalue weighted by atomic mass is 32.2. The third-order valence-electron chi connectivity index (χ3n) is 3.63. The quantitative estimate of drug-likeness (QED) is 0.788. The third-order valence-corrected chi connectivity index (χ3v) is 4.91. The fourth-order valence-electron chi connectivity index (χ4n) is 2.46. The number of furan rings is 1. The van der Waals surface area contributed by atoms with E-state index >= 15 is 0 Å². The van der Waals surface area contributed by atoms with E-state index in [1.807, 2.05) is 0 Å². The maximum absolute atomic E-state index is 11.5. The summed E-state index contributed by atoms with van der Waals surface area (Å²) in [5.41, 5.74) is 0. The molecule has 1 aromatic rings. The van der Waals surface area contributed by atoms with E-state index < -0.39 is 10.0 Å². The van der Waals surface area contributed by atoms with Crippen LogP contribution in [-0.4, -0.2) is 34.7 Å². The highest BCUT2D eigenvalue weighted by Crippen LogP contribution is 2.22. The molecule has 0 saturated carbocycles. The minimum atomic E-state index is -3.50. The van der Waals surface area contributed by atoms with Crippen LogP contribution in [0.2, 0.25) is 0 Å². The maximum atomic E-state index is 11.5. The minimum Gasteiger partial charge on any atom is -0.447 e. The van der Waals surface area contributed by atoms with E-state index in [2.05, 4.69) is 17.0 Å². The number of hydrogen-bond acceptors (Lipinski definition) is 5. The summed E-state index contributed by atoms with van der Waals surface area (Å²) in [5.74, 6) is 1.14. The molecule has 0 bridgehead atoms. The molecule has 1 aliphatic rings. The van der Waals surface area contributed by atoms with Crippen molar-refractivity contribution in [3.8, 4) is 0 Å². The van der Waals surface area contributed by atoms with Gasteiger partial charge in [-0.05, 0) is 37.9 Å². The van der Waals surface area contributed by atoms with Gasteiger partial charge in [0.15, 0.2) is 0 Å². The average molecular weight is 302 g/mol. The van der Waals surface area contributed by atoms with Gasteiger partial charge < -0.3 is 14.5 Å². The maximum Gasteiger partial charge on any atom is 0.273 e. The van der Waals surface area contributed by atoms with E-state index in [-0.39, 0.29) is 5.09 Å². The van der Waals surface area contributed by atoms with Crippen molar-refractivity contribution in [2.24, 2.45) is 5.92 Å². The van der Waals surface area contributed by atoms with E-state index in [4.69, 9.17) is 9.15 Å². The van der Waals surface area contributed by atoms with Crippen molar-refractivity contribution in [1.82, 2.24) is 10.0 Å². The molecular weight excluding hydrogens is 280 g/mol. The first-order valence-corrected chi connectivity index (χ1v) is 8.39. The molecule has 0 amide bonds. The molecule has 0 aliphatic carbocycles. The lowest BCUT2D eigenvalue weighted by molar-refractivity contribution is 0.0871. The Balaban J connectivity index is 1.83. The Morgan fingerprint density at radius 3 is 2.90 bits per heavy atom. The van der Waals surface area contributed by atoms with Gasteiger partial charge in [0.05, 0.1) is 12.6 Å². The third kappa shape index (κ3) is 3.60. The Hall–Kier alpha value is -0.890. The Morgan fingerprint density at radius 2 is 2.20 bits per heavy atom. The van der Waals surface area contributed by atoms with Gasteiger partial charge in [-0.1, -0.05) is 6.92 Å². The summed E-state index contributed by atoms with van der Waals surface area (Å²) in [7, 11) is -2.13. The van der Waals surface area contributed by atoms with Crippen LogP contribution in [0.3, 0.4) is 0 Å². The molecule has 20 heavy (non-hydrogen) atoms. The molecule has 1 saturated heterocycles. The first kappa shape index (κ1) is 15.5. The van der Waals surface area contributed by atoms with Gasteiger partial charge in [0.2, 0.25) is 5.09 Å². The van der Waals surface area contributed by atoms with Gasteiger partial charge in [-0.15, -0.1) is 0 Å². The molecule has 0 radical (unpaired) electrons. The van der Waals surface area contributed by atoms with Gasteiger partial charge in [-0.25, -0.2) is 13.1 Å². The summed E-state index contributed by atoms with van der Waals surface area (Å²) in [4.78, 5) is 0. The average Bonchev–Trinajstić information content (AvgIpc) is 3.07. The fourth-order valence-corrected chi connectivity index (χ4v) is 3.12. The van der Waals surface area contributed by atoms with Crippen LogP contribution in [0.25, 0.3) is 0 Å². The van der Waals surface area contributed by atoms with Crippen LogP contribution in [0.1, 0.15) is 25.5 Å². The summed E-state index contributed by atoms with van der Waals surface area (Å²) in [6, 6.07) is 3.15. The molecule has 2 N–H and O–H groups in total. The van der Waals surface area contributed by atoms with Gasteiger partial charge in [-0.3, -0.25) is 0 Å². The topological polar surface area (TPSA) is 80.6 Å². The van der Waals surface area contributed by atoms with Crippen molar-refractivity contribution in [1.29, 1.82) is 0 Å². The summed E-state index contributed by atoms with van der Waals surface area (Å²) < 4.78 is 36.2. The molecule has 0 spiro atoms. The van der Waals surface area contributed by atoms with Crippen LogP contribution in [-0.2, 0) is 21.3 Å². The number of ether oxygens (including phenoxy) is 1. The molecule has 2 heterocycles. The zero-order valence-corrected chi connectivity index (χ0v) is 12.7. The highest BCUT2D eigenvalue weighted by Gasteiger charge is 2.26. The lowest BCUT2D eigenvalue weighted by Gasteiger charge is -2.16. The smallest absolute Gasteiger partial charge is 0.273 e. The van der Waals surface area contributed by atoms with E-state index in [1.165, 1.54) is 13.1 Å². The van der Waals surface area contributed by atoms with Crippen molar-refractivity contribution in [2.45, 2.75) is 37.5 Å². The monoisotopic (exact) mass is 302 g/mol. The molecule has 1 fully saturated rings. The molecule has 2 rings (SSSR count). The summed E-state index contributed by atoms with van der Waals surface area (Å²) in [5, 5.41) is 3.25. The van der Waals surface area contributed by atoms with Gasteiger partial charge in [0.1, 0.15) is 5.76 Å². The second-order valence-electron chi connectivity index (χ2n) is 4.93. The summed E-state index contributed by atoms with van der Waals surface area (Å²) >= 11 is 0. The zero-order valence-electron chi connectivity index (χ0n) is 11.9. The van der Waals surface area contributed by atoms with Gasteiger partial charge in [0.25, 0.3) is 10.0 Å². The van der Waals surface area contributed by atoms with Gasteiger partial charge in [-0.2, -0.15) is 0 Å². The SMILES string of the molecule is CCC1OCCC1CNCc1ccc(S(=O)(=O)NC)o1. The number of hydrogen-bond donors (Lipinski definition) is 2. The first-order chi connectivity index (χ1) is 9.56. The normalized spacial score (nSPS) is 23.3. The second kappa shape index (κ2) is 6.71. The predicted octanol–water partition coefficient (Wildman–Crippen LogP) is 1.09. The molecule has 2 unspecified atom stereocenters. The van der Waals surface area contributed by atoms with E-state index in [0.29, 0.717) is 24.3 Å². The van der Waals surface area contributed by atoms with Gasteiger partial charge >= 0.3 is 0 Å². The zero-order chi connectivity index (χ0) is 14.6. The fraction of sp³-hybridized carbons (Fsp3) is 0.692. The Morgan fingerprint density at radius 1 is 1.40 bits per heavy atom. The second-order valence-corrected chi connectivity index (χ2v) is 6.74. The molecule has 6 nitrogen and oxygen atoms in total. The number of nitrogens with one attached hydrogen (secondary N) is 2. The molecule has 1 aliphatic heterocycles. The van der Waals surface area contributed by atoms with Crippen molar-refractivity contribution in [3.63, 3.8) is 0 Å². The van der Waals surface area contributed by atoms with Crippen LogP contribution in [0.4, 0.5) is 0 Å². The van der Waals surface area contributed by atoms with Crippen LogP contribution in [0.5, 0.6) is 0 Å². The Labute approximate surface area is 119 Å². The molecule has 2 atom stereocenters. The van der Waals surface area contributed by atoms with Crippen LogP contribution >= 0.6 is 0 Å². The van der Waals surface area contributed by atoms with E-state index in [9.17, 15) is 8.42 Å². The number of sulfonamides is 1. The number of rotatable bonds is 7. The minimum absolute atomic E-state index is 0.0487. The largest absolute Gasteiger partial charge is 0.447 e. The van der Waals surface area contributed by atoms with Crippen LogP contribution < -0.4 is 10.0 Å². The summed E-state index contributed by atoms with van der Waals surface area (Å²) in [6.45, 7) is 4.33. The van der Waals surface area contributed by atoms with Crippen molar-refractivity contribution in [2.75, 3.05) is 20.2 Å². The predicted molar refractivity (Wildman–Crippen MR) is 74.8 cm³/mol. The van der Waals surface area contributed by atoms with E-state index in [0.717, 1.165) is 26.0 Å². The first-order valence-electron chi connectivity index (χ1n) is 6.91. The molecular formula is C13H22N2O4S. The summed E-state index contributed by atoms with van der Waals surface area (Å²) in [6.07, 6.45) is 2.43. The molecule has 114 valence electrons. The highest BCUT2D eigenvalue weighted by molar-refractivity contribution is 7.89. The van der Waals surface area contributed by atoms with Crippen molar-refractivity contribution in [3.05, 3.63) is 17.9 Å². The van der Waals surface area contributed by atoms with Crippen LogP contribution in [0.15, 0.2) is 21.6 Å². The van der Waals surface area contributed by atoms with Crippen molar-refractivity contribution < 1.29 is 17.6 Å². The van der Waals surface area contributed by atoms with Crippen molar-refractivity contribution >= 4 is 10.0 Å². The molecule has 0 aromatic carbocycles. The lowest BCUT2D eigenvalue weighted by atomic mass is 10.00. The standard InChI is InChI=1S/C13H22N2O4S/c1-3-12-10(6-7-18-12)8-15-9-11-4-5-13(19-11)20(16,17)14-2/h4-5,10,12,14-15H,3,6-9H2,1-2H3. The van der Waals surface area contributed by atoms with E-state index in [1.54, 1.807) is 6.07 Å². The Bertz CT molecular complexity index is 526. The molecule has 7 heteroatoms. The van der Waals surface area contributed by atoms with Crippen LogP contribution in [0, 0.1) is 5.92 Å². The Kier molecular flexibility index (Phi) is 5.20. The lowest BCUT2D eigenvalue weighted by Crippen LogP contribution is -2.27.